The molecule has 0 aliphatic carbocycles. The summed E-state index contributed by atoms with van der Waals surface area (Å²) in [6.45, 7) is 4.39. The first-order valence-corrected chi connectivity index (χ1v) is 5.89. The van der Waals surface area contributed by atoms with E-state index in [1.54, 1.807) is 30.3 Å². The summed E-state index contributed by atoms with van der Waals surface area (Å²) in [4.78, 5) is 4.37. The van der Waals surface area contributed by atoms with E-state index in [0.29, 0.717) is 23.6 Å². The maximum Gasteiger partial charge on any atom is 0.227 e. The standard InChI is InChI=1S/C15H13N3O/c1-15(2)10-19-14(18-15)13(9-17)7-11-3-5-12(8-16)6-4-11/h3-7H,10H2,1-2H3. The molecule has 1 heterocycles. The van der Waals surface area contributed by atoms with Crippen LogP contribution in [0.4, 0.5) is 0 Å². The van der Waals surface area contributed by atoms with Gasteiger partial charge in [-0.1, -0.05) is 12.1 Å². The van der Waals surface area contributed by atoms with Crippen LogP contribution in [-0.4, -0.2) is 18.0 Å². The molecule has 1 aliphatic heterocycles. The number of ether oxygens (including phenoxy) is 1. The van der Waals surface area contributed by atoms with Crippen LogP contribution < -0.4 is 0 Å². The largest absolute Gasteiger partial charge is 0.474 e. The number of benzene rings is 1. The van der Waals surface area contributed by atoms with E-state index in [-0.39, 0.29) is 5.54 Å². The molecule has 1 aromatic rings. The quantitative estimate of drug-likeness (QED) is 0.759. The van der Waals surface area contributed by atoms with Gasteiger partial charge >= 0.3 is 0 Å². The summed E-state index contributed by atoms with van der Waals surface area (Å²) in [5.41, 5.74) is 1.55. The van der Waals surface area contributed by atoms with Crippen LogP contribution in [0.1, 0.15) is 25.0 Å². The molecule has 0 saturated carbocycles. The lowest BCUT2D eigenvalue weighted by Gasteiger charge is -2.07. The average molecular weight is 251 g/mol. The van der Waals surface area contributed by atoms with Crippen molar-refractivity contribution in [1.82, 2.24) is 0 Å². The predicted octanol–water partition coefficient (Wildman–Crippen LogP) is 2.67. The van der Waals surface area contributed by atoms with Gasteiger partial charge in [-0.2, -0.15) is 10.5 Å². The van der Waals surface area contributed by atoms with E-state index >= 15 is 0 Å². The topological polar surface area (TPSA) is 69.2 Å². The van der Waals surface area contributed by atoms with Gasteiger partial charge in [0.25, 0.3) is 0 Å². The van der Waals surface area contributed by atoms with Crippen molar-refractivity contribution in [2.75, 3.05) is 6.61 Å². The molecule has 0 amide bonds. The molecule has 94 valence electrons. The zero-order chi connectivity index (χ0) is 13.9. The zero-order valence-electron chi connectivity index (χ0n) is 10.8. The number of hydrogen-bond acceptors (Lipinski definition) is 4. The lowest BCUT2D eigenvalue weighted by molar-refractivity contribution is 0.279. The zero-order valence-corrected chi connectivity index (χ0v) is 10.8. The first-order chi connectivity index (χ1) is 9.04. The highest BCUT2D eigenvalue weighted by Crippen LogP contribution is 2.21. The fourth-order valence-corrected chi connectivity index (χ4v) is 1.68. The molecule has 0 aromatic heterocycles. The van der Waals surface area contributed by atoms with Crippen molar-refractivity contribution in [3.8, 4) is 12.1 Å². The normalized spacial score (nSPS) is 17.1. The molecule has 0 spiro atoms. The Morgan fingerprint density at radius 2 is 2.00 bits per heavy atom. The number of rotatable bonds is 2. The van der Waals surface area contributed by atoms with Crippen LogP contribution in [0.5, 0.6) is 0 Å². The molecule has 0 unspecified atom stereocenters. The third-order valence-electron chi connectivity index (χ3n) is 2.67. The second-order valence-electron chi connectivity index (χ2n) is 4.92. The summed E-state index contributed by atoms with van der Waals surface area (Å²) < 4.78 is 5.45. The summed E-state index contributed by atoms with van der Waals surface area (Å²) in [5, 5.41) is 17.9. The Bertz CT molecular complexity index is 625. The van der Waals surface area contributed by atoms with Crippen molar-refractivity contribution in [2.24, 2.45) is 4.99 Å². The van der Waals surface area contributed by atoms with E-state index in [2.05, 4.69) is 17.1 Å². The van der Waals surface area contributed by atoms with Gasteiger partial charge in [0.1, 0.15) is 18.2 Å². The second kappa shape index (κ2) is 4.96. The number of hydrogen-bond donors (Lipinski definition) is 0. The maximum atomic E-state index is 9.19. The number of nitriles is 2. The van der Waals surface area contributed by atoms with Crippen LogP contribution in [0.15, 0.2) is 34.8 Å². The highest BCUT2D eigenvalue weighted by molar-refractivity contribution is 6.02. The lowest BCUT2D eigenvalue weighted by Crippen LogP contribution is -2.17. The molecule has 0 N–H and O–H groups in total. The molecule has 0 saturated heterocycles. The average Bonchev–Trinajstić information content (AvgIpc) is 2.77. The fourth-order valence-electron chi connectivity index (χ4n) is 1.68. The maximum absolute atomic E-state index is 9.19. The molecule has 0 fully saturated rings. The van der Waals surface area contributed by atoms with Crippen LogP contribution in [0.25, 0.3) is 6.08 Å². The van der Waals surface area contributed by atoms with Crippen molar-refractivity contribution in [3.63, 3.8) is 0 Å². The molecular weight excluding hydrogens is 238 g/mol. The van der Waals surface area contributed by atoms with Crippen molar-refractivity contribution in [2.45, 2.75) is 19.4 Å². The molecule has 4 nitrogen and oxygen atoms in total. The summed E-state index contributed by atoms with van der Waals surface area (Å²) in [6.07, 6.45) is 1.71. The van der Waals surface area contributed by atoms with Crippen LogP contribution in [0.3, 0.4) is 0 Å². The third kappa shape index (κ3) is 3.00. The third-order valence-corrected chi connectivity index (χ3v) is 2.67. The van der Waals surface area contributed by atoms with Gasteiger partial charge in [-0.25, -0.2) is 4.99 Å². The molecule has 0 bridgehead atoms. The van der Waals surface area contributed by atoms with Gasteiger partial charge in [0.05, 0.1) is 17.2 Å². The van der Waals surface area contributed by atoms with Crippen LogP contribution in [-0.2, 0) is 4.74 Å². The van der Waals surface area contributed by atoms with Gasteiger partial charge in [0.15, 0.2) is 0 Å². The molecule has 2 rings (SSSR count). The minimum atomic E-state index is -0.282. The lowest BCUT2D eigenvalue weighted by atomic mass is 10.1. The van der Waals surface area contributed by atoms with E-state index in [1.807, 2.05) is 13.8 Å². The van der Waals surface area contributed by atoms with Crippen molar-refractivity contribution in [3.05, 3.63) is 41.0 Å². The Morgan fingerprint density at radius 3 is 2.47 bits per heavy atom. The van der Waals surface area contributed by atoms with Gasteiger partial charge in [0.2, 0.25) is 5.90 Å². The van der Waals surface area contributed by atoms with Gasteiger partial charge < -0.3 is 4.74 Å². The summed E-state index contributed by atoms with van der Waals surface area (Å²) >= 11 is 0. The van der Waals surface area contributed by atoms with Gasteiger partial charge in [0, 0.05) is 0 Å². The van der Waals surface area contributed by atoms with Crippen LogP contribution >= 0.6 is 0 Å². The molecule has 1 aromatic carbocycles. The van der Waals surface area contributed by atoms with Gasteiger partial charge in [-0.05, 0) is 37.6 Å². The highest BCUT2D eigenvalue weighted by atomic mass is 16.5. The Kier molecular flexibility index (Phi) is 3.35. The number of nitrogens with zero attached hydrogens (tertiary/aromatic N) is 3. The Labute approximate surface area is 112 Å². The van der Waals surface area contributed by atoms with Crippen molar-refractivity contribution < 1.29 is 4.74 Å². The monoisotopic (exact) mass is 251 g/mol. The molecule has 1 aliphatic rings. The van der Waals surface area contributed by atoms with Gasteiger partial charge in [-0.15, -0.1) is 0 Å². The smallest absolute Gasteiger partial charge is 0.227 e. The van der Waals surface area contributed by atoms with Crippen molar-refractivity contribution >= 4 is 12.0 Å². The van der Waals surface area contributed by atoms with E-state index in [1.165, 1.54) is 0 Å². The molecule has 0 radical (unpaired) electrons. The minimum absolute atomic E-state index is 0.282. The highest BCUT2D eigenvalue weighted by Gasteiger charge is 2.28. The molecule has 19 heavy (non-hydrogen) atoms. The van der Waals surface area contributed by atoms with E-state index in [4.69, 9.17) is 10.00 Å². The van der Waals surface area contributed by atoms with Crippen molar-refractivity contribution in [1.29, 1.82) is 10.5 Å². The Morgan fingerprint density at radius 1 is 1.32 bits per heavy atom. The first-order valence-electron chi connectivity index (χ1n) is 5.89. The van der Waals surface area contributed by atoms with E-state index in [9.17, 15) is 5.26 Å². The van der Waals surface area contributed by atoms with E-state index < -0.39 is 0 Å². The van der Waals surface area contributed by atoms with Crippen LogP contribution in [0.2, 0.25) is 0 Å². The minimum Gasteiger partial charge on any atom is -0.474 e. The first kappa shape index (κ1) is 12.9. The van der Waals surface area contributed by atoms with Gasteiger partial charge in [-0.3, -0.25) is 0 Å². The summed E-state index contributed by atoms with van der Waals surface area (Å²) in [6, 6.07) is 11.1. The molecule has 4 heteroatoms. The second-order valence-corrected chi connectivity index (χ2v) is 4.92. The predicted molar refractivity (Wildman–Crippen MR) is 72.2 cm³/mol. The van der Waals surface area contributed by atoms with E-state index in [0.717, 1.165) is 5.56 Å². The fraction of sp³-hybridized carbons (Fsp3) is 0.267. The Balaban J connectivity index is 2.30. The molecule has 0 atom stereocenters. The van der Waals surface area contributed by atoms with Crippen LogP contribution in [0, 0.1) is 22.7 Å². The summed E-state index contributed by atoms with van der Waals surface area (Å²) in [7, 11) is 0. The SMILES string of the molecule is CC1(C)COC(C(C#N)=Cc2ccc(C#N)cc2)=N1. The number of aliphatic imine (C=N–C) groups is 1. The molecular formula is C15H13N3O. The summed E-state index contributed by atoms with van der Waals surface area (Å²) in [5.74, 6) is 0.386. The Hall–Kier alpha value is -2.59.